The Labute approximate surface area is 109 Å². The lowest BCUT2D eigenvalue weighted by molar-refractivity contribution is 0.594. The third-order valence-electron chi connectivity index (χ3n) is 4.46. The van der Waals surface area contributed by atoms with Gasteiger partial charge in [0, 0.05) is 0 Å². The minimum atomic E-state index is 0.378. The van der Waals surface area contributed by atoms with Crippen LogP contribution in [0.15, 0.2) is 42.5 Å². The third-order valence-corrected chi connectivity index (χ3v) is 4.46. The summed E-state index contributed by atoms with van der Waals surface area (Å²) in [4.78, 5) is 0. The molecule has 2 unspecified atom stereocenters. The molecule has 18 heavy (non-hydrogen) atoms. The summed E-state index contributed by atoms with van der Waals surface area (Å²) >= 11 is 0. The molecule has 0 saturated heterocycles. The molecule has 0 bridgehead atoms. The van der Waals surface area contributed by atoms with E-state index in [4.69, 9.17) is 0 Å². The highest BCUT2D eigenvalue weighted by Gasteiger charge is 2.51. The van der Waals surface area contributed by atoms with Crippen molar-refractivity contribution < 1.29 is 0 Å². The number of nitrogens with one attached hydrogen (secondary N) is 1. The molecule has 0 spiro atoms. The van der Waals surface area contributed by atoms with Crippen molar-refractivity contribution in [2.24, 2.45) is 5.92 Å². The van der Waals surface area contributed by atoms with Crippen LogP contribution in [0.1, 0.15) is 25.8 Å². The minimum Gasteiger partial charge on any atom is -0.317 e. The first-order chi connectivity index (χ1) is 8.75. The maximum absolute atomic E-state index is 3.48. The molecule has 0 aromatic heterocycles. The highest BCUT2D eigenvalue weighted by molar-refractivity contribution is 5.87. The zero-order chi connectivity index (χ0) is 12.6. The van der Waals surface area contributed by atoms with E-state index in [9.17, 15) is 0 Å². The van der Waals surface area contributed by atoms with E-state index in [2.05, 4.69) is 61.6 Å². The van der Waals surface area contributed by atoms with Crippen LogP contribution in [0.4, 0.5) is 0 Å². The lowest BCUT2D eigenvalue weighted by Gasteiger charge is -2.15. The van der Waals surface area contributed by atoms with Gasteiger partial charge in [-0.05, 0) is 47.2 Å². The summed E-state index contributed by atoms with van der Waals surface area (Å²) in [6, 6.07) is 15.5. The Kier molecular flexibility index (Phi) is 2.87. The normalized spacial score (nSPS) is 26.4. The summed E-state index contributed by atoms with van der Waals surface area (Å²) in [7, 11) is 0. The zero-order valence-electron chi connectivity index (χ0n) is 11.2. The van der Waals surface area contributed by atoms with Gasteiger partial charge in [-0.2, -0.15) is 0 Å². The van der Waals surface area contributed by atoms with Crippen LogP contribution in [-0.4, -0.2) is 13.1 Å². The first kappa shape index (κ1) is 11.7. The van der Waals surface area contributed by atoms with Crippen molar-refractivity contribution in [1.29, 1.82) is 0 Å². The predicted octanol–water partition coefficient (Wildman–Crippen LogP) is 3.73. The Balaban J connectivity index is 1.96. The number of hydrogen-bond donors (Lipinski definition) is 1. The zero-order valence-corrected chi connectivity index (χ0v) is 11.2. The average molecular weight is 239 g/mol. The van der Waals surface area contributed by atoms with Crippen molar-refractivity contribution in [2.75, 3.05) is 13.1 Å². The molecule has 1 heteroatoms. The topological polar surface area (TPSA) is 12.0 Å². The molecule has 1 N–H and O–H groups in total. The van der Waals surface area contributed by atoms with Gasteiger partial charge in [0.25, 0.3) is 0 Å². The van der Waals surface area contributed by atoms with E-state index in [1.807, 2.05) is 0 Å². The second-order valence-corrected chi connectivity index (χ2v) is 5.65. The molecular weight excluding hydrogens is 218 g/mol. The molecule has 0 amide bonds. The second kappa shape index (κ2) is 4.40. The van der Waals surface area contributed by atoms with E-state index in [1.54, 1.807) is 0 Å². The molecule has 2 aromatic rings. The van der Waals surface area contributed by atoms with E-state index < -0.39 is 0 Å². The highest BCUT2D eigenvalue weighted by atomic mass is 14.9. The van der Waals surface area contributed by atoms with Gasteiger partial charge < -0.3 is 5.32 Å². The molecule has 2 atom stereocenters. The number of fused-ring (bicyclic) bond motifs is 1. The number of rotatable bonds is 4. The van der Waals surface area contributed by atoms with Gasteiger partial charge in [-0.15, -0.1) is 0 Å². The van der Waals surface area contributed by atoms with E-state index in [-0.39, 0.29) is 0 Å². The van der Waals surface area contributed by atoms with Gasteiger partial charge in [-0.25, -0.2) is 0 Å². The van der Waals surface area contributed by atoms with Gasteiger partial charge in [0.1, 0.15) is 0 Å². The Morgan fingerprint density at radius 3 is 2.78 bits per heavy atom. The average Bonchev–Trinajstić information content (AvgIpc) is 3.08. The molecule has 2 aromatic carbocycles. The molecule has 1 fully saturated rings. The van der Waals surface area contributed by atoms with Crippen molar-refractivity contribution >= 4 is 10.8 Å². The van der Waals surface area contributed by atoms with Crippen molar-refractivity contribution in [3.63, 3.8) is 0 Å². The summed E-state index contributed by atoms with van der Waals surface area (Å²) in [5, 5.41) is 6.28. The quantitative estimate of drug-likeness (QED) is 0.857. The van der Waals surface area contributed by atoms with Gasteiger partial charge in [0.05, 0.1) is 0 Å². The third kappa shape index (κ3) is 1.83. The highest BCUT2D eigenvalue weighted by Crippen LogP contribution is 2.55. The summed E-state index contributed by atoms with van der Waals surface area (Å²) < 4.78 is 0. The molecule has 1 aliphatic carbocycles. The van der Waals surface area contributed by atoms with Crippen molar-refractivity contribution in [1.82, 2.24) is 5.32 Å². The fraction of sp³-hybridized carbons (Fsp3) is 0.412. The Morgan fingerprint density at radius 2 is 1.94 bits per heavy atom. The van der Waals surface area contributed by atoms with E-state index in [0.717, 1.165) is 19.0 Å². The van der Waals surface area contributed by atoms with Gasteiger partial charge >= 0.3 is 0 Å². The molecule has 0 heterocycles. The van der Waals surface area contributed by atoms with Crippen LogP contribution >= 0.6 is 0 Å². The van der Waals surface area contributed by atoms with Crippen LogP contribution in [0.3, 0.4) is 0 Å². The first-order valence-corrected chi connectivity index (χ1v) is 6.94. The second-order valence-electron chi connectivity index (χ2n) is 5.65. The standard InChI is InChI=1S/C17H21N/c1-3-18-12-14-11-17(14,2)16-10-6-8-13-7-4-5-9-15(13)16/h4-10,14,18H,3,11-12H2,1-2H3. The summed E-state index contributed by atoms with van der Waals surface area (Å²) in [5.41, 5.74) is 1.91. The van der Waals surface area contributed by atoms with Crippen LogP contribution in [-0.2, 0) is 5.41 Å². The summed E-state index contributed by atoms with van der Waals surface area (Å²) in [6.07, 6.45) is 1.31. The molecule has 1 saturated carbocycles. The van der Waals surface area contributed by atoms with Crippen LogP contribution in [0.5, 0.6) is 0 Å². The molecule has 1 nitrogen and oxygen atoms in total. The van der Waals surface area contributed by atoms with Crippen LogP contribution in [0.2, 0.25) is 0 Å². The fourth-order valence-electron chi connectivity index (χ4n) is 3.12. The van der Waals surface area contributed by atoms with Crippen molar-refractivity contribution in [2.45, 2.75) is 25.7 Å². The van der Waals surface area contributed by atoms with E-state index >= 15 is 0 Å². The lowest BCUT2D eigenvalue weighted by atomic mass is 9.90. The lowest BCUT2D eigenvalue weighted by Crippen LogP contribution is -2.19. The molecule has 0 radical (unpaired) electrons. The van der Waals surface area contributed by atoms with Crippen molar-refractivity contribution in [3.05, 3.63) is 48.0 Å². The molecule has 94 valence electrons. The molecular formula is C17H21N. The molecule has 1 aliphatic rings. The Bertz CT molecular complexity index is 555. The molecule has 0 aliphatic heterocycles. The van der Waals surface area contributed by atoms with Gasteiger partial charge in [0.15, 0.2) is 0 Å². The fourth-order valence-corrected chi connectivity index (χ4v) is 3.12. The number of hydrogen-bond acceptors (Lipinski definition) is 1. The Hall–Kier alpha value is -1.34. The van der Waals surface area contributed by atoms with E-state index in [1.165, 1.54) is 22.8 Å². The maximum atomic E-state index is 3.48. The van der Waals surface area contributed by atoms with Gasteiger partial charge in [0.2, 0.25) is 0 Å². The Morgan fingerprint density at radius 1 is 1.17 bits per heavy atom. The molecule has 3 rings (SSSR count). The maximum Gasteiger partial charge on any atom is -0.00119 e. The van der Waals surface area contributed by atoms with E-state index in [0.29, 0.717) is 5.41 Å². The van der Waals surface area contributed by atoms with Gasteiger partial charge in [-0.1, -0.05) is 56.3 Å². The predicted molar refractivity (Wildman–Crippen MR) is 78.0 cm³/mol. The van der Waals surface area contributed by atoms with Crippen molar-refractivity contribution in [3.8, 4) is 0 Å². The smallest absolute Gasteiger partial charge is 0.00119 e. The van der Waals surface area contributed by atoms with Crippen LogP contribution in [0, 0.1) is 5.92 Å². The van der Waals surface area contributed by atoms with Crippen LogP contribution in [0.25, 0.3) is 10.8 Å². The first-order valence-electron chi connectivity index (χ1n) is 6.94. The SMILES string of the molecule is CCNCC1CC1(C)c1cccc2ccccc12. The number of benzene rings is 2. The largest absolute Gasteiger partial charge is 0.317 e. The van der Waals surface area contributed by atoms with Crippen LogP contribution < -0.4 is 5.32 Å². The minimum absolute atomic E-state index is 0.378. The van der Waals surface area contributed by atoms with Gasteiger partial charge in [-0.3, -0.25) is 0 Å². The summed E-state index contributed by atoms with van der Waals surface area (Å²) in [6.45, 7) is 6.81. The summed E-state index contributed by atoms with van der Waals surface area (Å²) in [5.74, 6) is 0.795. The monoisotopic (exact) mass is 239 g/mol.